The fourth-order valence-electron chi connectivity index (χ4n) is 2.92. The molecule has 0 spiro atoms. The SMILES string of the molecule is O=C(Nc1nn(Cc2ccccc2F)cc1Br)C1CC(c2cccc(Br)c2)=NO1. The minimum Gasteiger partial charge on any atom is -0.382 e. The van der Waals surface area contributed by atoms with E-state index in [2.05, 4.69) is 47.4 Å². The summed E-state index contributed by atoms with van der Waals surface area (Å²) in [5, 5.41) is 11.1. The van der Waals surface area contributed by atoms with Crippen LogP contribution in [0.25, 0.3) is 0 Å². The first-order valence-electron chi connectivity index (χ1n) is 8.75. The molecule has 0 aliphatic carbocycles. The average molecular weight is 522 g/mol. The Kier molecular flexibility index (Phi) is 5.77. The van der Waals surface area contributed by atoms with E-state index in [9.17, 15) is 9.18 Å². The van der Waals surface area contributed by atoms with Crippen molar-refractivity contribution in [2.24, 2.45) is 5.16 Å². The molecule has 1 aliphatic rings. The Hall–Kier alpha value is -2.52. The molecule has 1 aliphatic heterocycles. The minimum absolute atomic E-state index is 0.247. The van der Waals surface area contributed by atoms with Crippen LogP contribution in [-0.4, -0.2) is 27.5 Å². The van der Waals surface area contributed by atoms with Gasteiger partial charge in [0.2, 0.25) is 6.10 Å². The van der Waals surface area contributed by atoms with Crippen LogP contribution in [0.15, 0.2) is 68.8 Å². The van der Waals surface area contributed by atoms with Crippen molar-refractivity contribution in [3.8, 4) is 0 Å². The smallest absolute Gasteiger partial charge is 0.269 e. The third-order valence-corrected chi connectivity index (χ3v) is 5.44. The predicted molar refractivity (Wildman–Crippen MR) is 114 cm³/mol. The van der Waals surface area contributed by atoms with Crippen LogP contribution in [0, 0.1) is 5.82 Å². The maximum Gasteiger partial charge on any atom is 0.269 e. The highest BCUT2D eigenvalue weighted by Crippen LogP contribution is 2.24. The minimum atomic E-state index is -0.743. The predicted octanol–water partition coefficient (Wildman–Crippen LogP) is 4.73. The molecule has 9 heteroatoms. The number of hydrogen-bond donors (Lipinski definition) is 1. The van der Waals surface area contributed by atoms with Crippen LogP contribution in [0.3, 0.4) is 0 Å². The molecule has 0 saturated heterocycles. The van der Waals surface area contributed by atoms with Crippen LogP contribution in [0.2, 0.25) is 0 Å². The highest BCUT2D eigenvalue weighted by molar-refractivity contribution is 9.10. The molecule has 2 heterocycles. The van der Waals surface area contributed by atoms with Gasteiger partial charge < -0.3 is 10.2 Å². The van der Waals surface area contributed by atoms with E-state index < -0.39 is 6.10 Å². The zero-order valence-corrected chi connectivity index (χ0v) is 18.2. The summed E-state index contributed by atoms with van der Waals surface area (Å²) in [5.74, 6) is -0.317. The van der Waals surface area contributed by atoms with Crippen molar-refractivity contribution in [2.75, 3.05) is 5.32 Å². The zero-order valence-electron chi connectivity index (χ0n) is 15.0. The molecule has 0 radical (unpaired) electrons. The van der Waals surface area contributed by atoms with Crippen LogP contribution in [0.4, 0.5) is 10.2 Å². The van der Waals surface area contributed by atoms with Gasteiger partial charge in [0.25, 0.3) is 5.91 Å². The van der Waals surface area contributed by atoms with Crippen LogP contribution < -0.4 is 5.32 Å². The molecule has 1 aromatic heterocycles. The highest BCUT2D eigenvalue weighted by atomic mass is 79.9. The molecular formula is C20H15Br2FN4O2. The first kappa shape index (κ1) is 19.8. The number of benzene rings is 2. The monoisotopic (exact) mass is 520 g/mol. The second-order valence-electron chi connectivity index (χ2n) is 6.45. The van der Waals surface area contributed by atoms with Gasteiger partial charge in [-0.15, -0.1) is 0 Å². The van der Waals surface area contributed by atoms with Crippen molar-refractivity contribution in [1.82, 2.24) is 9.78 Å². The molecule has 0 saturated carbocycles. The van der Waals surface area contributed by atoms with E-state index in [1.807, 2.05) is 24.3 Å². The lowest BCUT2D eigenvalue weighted by atomic mass is 10.0. The van der Waals surface area contributed by atoms with Gasteiger partial charge in [0.15, 0.2) is 5.82 Å². The van der Waals surface area contributed by atoms with E-state index in [1.54, 1.807) is 29.1 Å². The Balaban J connectivity index is 1.40. The maximum absolute atomic E-state index is 13.8. The van der Waals surface area contributed by atoms with Gasteiger partial charge in [0, 0.05) is 28.2 Å². The van der Waals surface area contributed by atoms with Crippen molar-refractivity contribution in [3.05, 3.63) is 80.6 Å². The molecule has 0 fully saturated rings. The van der Waals surface area contributed by atoms with E-state index in [0.717, 1.165) is 10.0 Å². The molecule has 1 N–H and O–H groups in total. The lowest BCUT2D eigenvalue weighted by Crippen LogP contribution is -2.28. The van der Waals surface area contributed by atoms with Crippen LogP contribution >= 0.6 is 31.9 Å². The van der Waals surface area contributed by atoms with Gasteiger partial charge in [0.05, 0.1) is 16.7 Å². The number of amides is 1. The first-order valence-corrected chi connectivity index (χ1v) is 10.3. The summed E-state index contributed by atoms with van der Waals surface area (Å²) in [6, 6.07) is 14.1. The third-order valence-electron chi connectivity index (χ3n) is 4.37. The lowest BCUT2D eigenvalue weighted by molar-refractivity contribution is -0.125. The molecule has 1 atom stereocenters. The number of carbonyl (C=O) groups excluding carboxylic acids is 1. The Morgan fingerprint density at radius 2 is 2.07 bits per heavy atom. The number of nitrogens with zero attached hydrogens (tertiary/aromatic N) is 3. The second kappa shape index (κ2) is 8.46. The molecule has 4 rings (SSSR count). The van der Waals surface area contributed by atoms with Gasteiger partial charge >= 0.3 is 0 Å². The van der Waals surface area contributed by atoms with E-state index in [4.69, 9.17) is 4.84 Å². The molecule has 29 heavy (non-hydrogen) atoms. The summed E-state index contributed by atoms with van der Waals surface area (Å²) in [4.78, 5) is 17.9. The van der Waals surface area contributed by atoms with Crippen LogP contribution in [0.1, 0.15) is 17.5 Å². The average Bonchev–Trinajstić information content (AvgIpc) is 3.31. The molecular weight excluding hydrogens is 507 g/mol. The zero-order chi connectivity index (χ0) is 20.4. The van der Waals surface area contributed by atoms with Crippen molar-refractivity contribution >= 4 is 49.3 Å². The number of carbonyl (C=O) groups is 1. The van der Waals surface area contributed by atoms with Gasteiger partial charge in [-0.3, -0.25) is 9.48 Å². The summed E-state index contributed by atoms with van der Waals surface area (Å²) < 4.78 is 16.9. The summed E-state index contributed by atoms with van der Waals surface area (Å²) in [6.45, 7) is 0.247. The number of hydrogen-bond acceptors (Lipinski definition) is 4. The largest absolute Gasteiger partial charge is 0.382 e. The second-order valence-corrected chi connectivity index (χ2v) is 8.22. The summed E-state index contributed by atoms with van der Waals surface area (Å²) in [5.41, 5.74) is 2.10. The molecule has 3 aromatic rings. The van der Waals surface area contributed by atoms with Crippen LogP contribution in [-0.2, 0) is 16.2 Å². The number of nitrogens with one attached hydrogen (secondary N) is 1. The van der Waals surface area contributed by atoms with E-state index >= 15 is 0 Å². The quantitative estimate of drug-likeness (QED) is 0.528. The van der Waals surface area contributed by atoms with Crippen LogP contribution in [0.5, 0.6) is 0 Å². The molecule has 1 amide bonds. The Morgan fingerprint density at radius 3 is 2.86 bits per heavy atom. The third kappa shape index (κ3) is 4.56. The molecule has 1 unspecified atom stereocenters. The highest BCUT2D eigenvalue weighted by Gasteiger charge is 2.30. The summed E-state index contributed by atoms with van der Waals surface area (Å²) >= 11 is 6.80. The van der Waals surface area contributed by atoms with E-state index in [0.29, 0.717) is 28.0 Å². The number of aromatic nitrogens is 2. The van der Waals surface area contributed by atoms with Gasteiger partial charge in [-0.25, -0.2) is 4.39 Å². The standard InChI is InChI=1S/C20H15Br2FN4O2/c21-14-6-3-5-12(8-14)17-9-18(29-26-17)20(28)24-19-15(22)11-27(25-19)10-13-4-1-2-7-16(13)23/h1-8,11,18H,9-10H2,(H,24,25,28). The van der Waals surface area contributed by atoms with Crippen molar-refractivity contribution in [2.45, 2.75) is 19.1 Å². The lowest BCUT2D eigenvalue weighted by Gasteiger charge is -2.08. The molecule has 2 aromatic carbocycles. The Labute approximate surface area is 183 Å². The Bertz CT molecular complexity index is 1100. The van der Waals surface area contributed by atoms with Gasteiger partial charge in [-0.1, -0.05) is 51.4 Å². The fraction of sp³-hybridized carbons (Fsp3) is 0.150. The molecule has 0 bridgehead atoms. The Morgan fingerprint density at radius 1 is 1.24 bits per heavy atom. The molecule has 148 valence electrons. The number of rotatable bonds is 5. The van der Waals surface area contributed by atoms with Gasteiger partial charge in [0.1, 0.15) is 5.82 Å². The van der Waals surface area contributed by atoms with Crippen molar-refractivity contribution in [1.29, 1.82) is 0 Å². The van der Waals surface area contributed by atoms with Gasteiger partial charge in [-0.2, -0.15) is 5.10 Å². The van der Waals surface area contributed by atoms with E-state index in [1.165, 1.54) is 6.07 Å². The topological polar surface area (TPSA) is 68.5 Å². The molecule has 6 nitrogen and oxygen atoms in total. The van der Waals surface area contributed by atoms with Crippen molar-refractivity contribution in [3.63, 3.8) is 0 Å². The summed E-state index contributed by atoms with van der Waals surface area (Å²) in [6.07, 6.45) is 1.30. The number of oxime groups is 1. The maximum atomic E-state index is 13.8. The summed E-state index contributed by atoms with van der Waals surface area (Å²) in [7, 11) is 0. The number of halogens is 3. The van der Waals surface area contributed by atoms with E-state index in [-0.39, 0.29) is 18.3 Å². The first-order chi connectivity index (χ1) is 14.0. The van der Waals surface area contributed by atoms with Gasteiger partial charge in [-0.05, 0) is 34.1 Å². The fourth-order valence-corrected chi connectivity index (χ4v) is 3.73. The van der Waals surface area contributed by atoms with Crippen molar-refractivity contribution < 1.29 is 14.0 Å². The normalized spacial score (nSPS) is 15.7. The number of anilines is 1.